The molecule has 22 heteroatoms. The largest absolute Gasteiger partial charge is 1.00 e. The molecule has 289 valence electrons. The predicted molar refractivity (Wildman–Crippen MR) is 196 cm³/mol. The van der Waals surface area contributed by atoms with E-state index in [1.54, 1.807) is 69.3 Å². The third-order valence-corrected chi connectivity index (χ3v) is 10.1. The van der Waals surface area contributed by atoms with Crippen molar-refractivity contribution < 1.29 is 78.1 Å². The molecule has 0 aliphatic rings. The smallest absolute Gasteiger partial charge is 0.871 e. The van der Waals surface area contributed by atoms with Crippen LogP contribution in [0.3, 0.4) is 0 Å². The van der Waals surface area contributed by atoms with Crippen LogP contribution in [-0.4, -0.2) is 48.0 Å². The number of aryl methyl sites for hydroxylation is 2. The SMILES string of the molecule is CC[NH2+]S(=O)(=O)c1ccc(O)c(N=Nc2c(C)[nH]n(-c3ccccc3)c2=O)c1.Cc1[nH]n(-c2ccccc2)c(=O)c1N=Nc1cc(S(N)(=O)=O)ccc1[O-].[Co].[Na+]. The Hall–Kier alpha value is -4.97. The fourth-order valence-corrected chi connectivity index (χ4v) is 6.56. The molecular formula is C34H34CoN10NaO8S2+. The van der Waals surface area contributed by atoms with Gasteiger partial charge in [-0.3, -0.25) is 19.8 Å². The molecular weight excluding hydrogens is 822 g/mol. The van der Waals surface area contributed by atoms with Gasteiger partial charge in [0.1, 0.15) is 16.3 Å². The molecule has 6 aromatic rings. The summed E-state index contributed by atoms with van der Waals surface area (Å²) in [5.41, 5.74) is 1.12. The number of para-hydroxylation sites is 2. The number of sulfonamides is 2. The van der Waals surface area contributed by atoms with Crippen molar-refractivity contribution in [3.05, 3.63) is 129 Å². The van der Waals surface area contributed by atoms with E-state index in [0.29, 0.717) is 29.3 Å². The van der Waals surface area contributed by atoms with Gasteiger partial charge in [-0.15, -0.1) is 15.3 Å². The molecule has 0 fully saturated rings. The van der Waals surface area contributed by atoms with Crippen molar-refractivity contribution in [1.82, 2.24) is 19.6 Å². The zero-order valence-electron chi connectivity index (χ0n) is 30.2. The van der Waals surface area contributed by atoms with Gasteiger partial charge in [0, 0.05) is 16.8 Å². The van der Waals surface area contributed by atoms with E-state index in [9.17, 15) is 36.6 Å². The number of aromatic amines is 2. The number of rotatable bonds is 10. The van der Waals surface area contributed by atoms with Crippen LogP contribution in [0, 0.1) is 13.8 Å². The van der Waals surface area contributed by atoms with Crippen LogP contribution in [0.2, 0.25) is 0 Å². The van der Waals surface area contributed by atoms with Crippen molar-refractivity contribution >= 4 is 42.8 Å². The molecule has 0 saturated carbocycles. The van der Waals surface area contributed by atoms with Gasteiger partial charge in [-0.1, -0.05) is 48.2 Å². The number of azo groups is 2. The van der Waals surface area contributed by atoms with E-state index < -0.39 is 36.9 Å². The summed E-state index contributed by atoms with van der Waals surface area (Å²) in [6.45, 7) is 5.37. The van der Waals surface area contributed by atoms with E-state index >= 15 is 0 Å². The number of hydrogen-bond acceptors (Lipinski definition) is 12. The first-order chi connectivity index (χ1) is 25.6. The van der Waals surface area contributed by atoms with E-state index in [4.69, 9.17) is 5.14 Å². The Morgan fingerprint density at radius 3 is 1.62 bits per heavy atom. The van der Waals surface area contributed by atoms with Crippen LogP contribution >= 0.6 is 0 Å². The van der Waals surface area contributed by atoms with Gasteiger partial charge in [-0.2, -0.15) is 13.5 Å². The third kappa shape index (κ3) is 10.7. The van der Waals surface area contributed by atoms with Gasteiger partial charge in [-0.25, -0.2) is 27.6 Å². The van der Waals surface area contributed by atoms with Crippen molar-refractivity contribution in [3.8, 4) is 22.9 Å². The van der Waals surface area contributed by atoms with Gasteiger partial charge < -0.3 is 10.2 Å². The van der Waals surface area contributed by atoms with Crippen molar-refractivity contribution in [3.63, 3.8) is 0 Å². The van der Waals surface area contributed by atoms with Gasteiger partial charge >= 0.3 is 39.6 Å². The minimum absolute atomic E-state index is 0. The summed E-state index contributed by atoms with van der Waals surface area (Å²) in [4.78, 5) is 24.9. The van der Waals surface area contributed by atoms with E-state index in [-0.39, 0.29) is 84.6 Å². The minimum Gasteiger partial charge on any atom is -0.871 e. The van der Waals surface area contributed by atoms with Crippen LogP contribution in [0.4, 0.5) is 22.7 Å². The zero-order valence-corrected chi connectivity index (χ0v) is 34.9. The molecule has 0 unspecified atom stereocenters. The van der Waals surface area contributed by atoms with E-state index in [2.05, 4.69) is 30.7 Å². The standard InChI is InChI=1S/C18H19N5O4S.C16H15N5O4S.Co.Na/c1-3-19-28(26,27)14-9-10-16(24)15(11-14)20-21-17-12(2)22-23(18(17)25)13-7-5-4-6-8-13;1-10-15(16(23)21(20-10)11-5-3-2-4-6-11)19-18-13-9-12(26(17,24)25)7-8-14(13)22;;/h4-11,19,22,24H,3H2,1-2H3;2-9,20,22H,1H3,(H2,17,24,25);;/q;;;+1. The molecule has 4 aromatic carbocycles. The van der Waals surface area contributed by atoms with E-state index in [1.165, 1.54) is 32.3 Å². The monoisotopic (exact) mass is 856 g/mol. The number of phenolic OH excluding ortho intramolecular Hbond substituents is 1. The summed E-state index contributed by atoms with van der Waals surface area (Å²) >= 11 is 0. The first-order valence-electron chi connectivity index (χ1n) is 15.9. The number of benzene rings is 4. The molecule has 0 atom stereocenters. The summed E-state index contributed by atoms with van der Waals surface area (Å²) in [5, 5.41) is 48.1. The Balaban J connectivity index is 0.000000291. The zero-order chi connectivity index (χ0) is 39.2. The predicted octanol–water partition coefficient (Wildman–Crippen LogP) is 0.479. The molecule has 0 aliphatic heterocycles. The molecule has 2 aromatic heterocycles. The fraction of sp³-hybridized carbons (Fsp3) is 0.118. The molecule has 0 bridgehead atoms. The van der Waals surface area contributed by atoms with Crippen LogP contribution in [0.5, 0.6) is 11.5 Å². The maximum absolute atomic E-state index is 12.6. The second-order valence-corrected chi connectivity index (χ2v) is 14.9. The van der Waals surface area contributed by atoms with Gasteiger partial charge in [0.25, 0.3) is 11.1 Å². The molecule has 2 heterocycles. The van der Waals surface area contributed by atoms with Crippen molar-refractivity contribution in [1.29, 1.82) is 0 Å². The Labute approximate surface area is 352 Å². The first-order valence-corrected chi connectivity index (χ1v) is 19.0. The van der Waals surface area contributed by atoms with Crippen LogP contribution < -0.4 is 55.6 Å². The van der Waals surface area contributed by atoms with Crippen molar-refractivity contribution in [2.24, 2.45) is 25.6 Å². The minimum atomic E-state index is -3.99. The van der Waals surface area contributed by atoms with Gasteiger partial charge in [0.15, 0.2) is 11.4 Å². The molecule has 56 heavy (non-hydrogen) atoms. The van der Waals surface area contributed by atoms with Crippen LogP contribution in [0.1, 0.15) is 18.3 Å². The van der Waals surface area contributed by atoms with Crippen LogP contribution in [-0.2, 0) is 36.8 Å². The van der Waals surface area contributed by atoms with E-state index in [1.807, 2.05) is 12.1 Å². The summed E-state index contributed by atoms with van der Waals surface area (Å²) in [6.07, 6.45) is 0. The van der Waals surface area contributed by atoms with Crippen LogP contribution in [0.15, 0.2) is 137 Å². The molecule has 0 spiro atoms. The van der Waals surface area contributed by atoms with Gasteiger partial charge in [0.2, 0.25) is 10.0 Å². The van der Waals surface area contributed by atoms with Crippen LogP contribution in [0.25, 0.3) is 11.4 Å². The first kappa shape index (κ1) is 45.4. The normalized spacial score (nSPS) is 11.5. The average Bonchev–Trinajstić information content (AvgIpc) is 3.59. The Bertz CT molecular complexity index is 2720. The summed E-state index contributed by atoms with van der Waals surface area (Å²) < 4.78 is 50.9. The molecule has 1 radical (unpaired) electrons. The number of nitrogens with zero attached hydrogens (tertiary/aromatic N) is 6. The summed E-state index contributed by atoms with van der Waals surface area (Å²) in [7, 11) is -7.58. The number of hydrogen-bond donors (Lipinski definition) is 5. The maximum Gasteiger partial charge on any atom is 1.00 e. The van der Waals surface area contributed by atoms with E-state index in [0.717, 1.165) is 18.2 Å². The third-order valence-electron chi connectivity index (χ3n) is 7.55. The number of H-pyrrole nitrogens is 2. The number of nitrogens with two attached hydrogens (primary N) is 2. The fourth-order valence-electron chi connectivity index (χ4n) is 4.86. The Morgan fingerprint density at radius 2 is 1.16 bits per heavy atom. The Kier molecular flexibility index (Phi) is 15.6. The Morgan fingerprint density at radius 1 is 0.714 bits per heavy atom. The number of primary sulfonamides is 2. The number of quaternary nitrogens is 1. The number of phenols is 1. The summed E-state index contributed by atoms with van der Waals surface area (Å²) in [5.74, 6) is -0.784. The molecule has 6 rings (SSSR count). The number of aromatic nitrogens is 4. The van der Waals surface area contributed by atoms with Crippen molar-refractivity contribution in [2.45, 2.75) is 30.6 Å². The topological polar surface area (TPSA) is 279 Å². The molecule has 0 saturated heterocycles. The van der Waals surface area contributed by atoms with Crippen molar-refractivity contribution in [2.75, 3.05) is 6.54 Å². The number of aromatic hydroxyl groups is 1. The number of nitrogens with one attached hydrogen (secondary N) is 2. The molecule has 0 aliphatic carbocycles. The van der Waals surface area contributed by atoms with Gasteiger partial charge in [-0.05, 0) is 75.4 Å². The molecule has 0 amide bonds. The van der Waals surface area contributed by atoms with Gasteiger partial charge in [0.05, 0.1) is 39.9 Å². The molecule has 18 nitrogen and oxygen atoms in total. The summed E-state index contributed by atoms with van der Waals surface area (Å²) in [6, 6.07) is 24.7. The average molecular weight is 857 g/mol. The quantitative estimate of drug-likeness (QED) is 0.0952. The molecule has 7 N–H and O–H groups in total. The maximum atomic E-state index is 12.6. The second kappa shape index (κ2) is 19.3. The second-order valence-electron chi connectivity index (χ2n) is 11.5.